The van der Waals surface area contributed by atoms with Gasteiger partial charge in [-0.25, -0.2) is 4.79 Å². The summed E-state index contributed by atoms with van der Waals surface area (Å²) in [4.78, 5) is 11.4. The summed E-state index contributed by atoms with van der Waals surface area (Å²) in [6.07, 6.45) is -0.652. The van der Waals surface area contributed by atoms with Crippen molar-refractivity contribution in [2.45, 2.75) is 12.5 Å². The molecule has 0 saturated carbocycles. The number of carbonyl (C=O) groups excluding carboxylic acids is 1. The van der Waals surface area contributed by atoms with Gasteiger partial charge in [0.25, 0.3) is 0 Å². The number of hydrogen-bond donors (Lipinski definition) is 1. The number of aliphatic hydroxyl groups excluding tert-OH is 1. The van der Waals surface area contributed by atoms with Crippen LogP contribution in [0, 0.1) is 0 Å². The summed E-state index contributed by atoms with van der Waals surface area (Å²) < 4.78 is 16.2. The van der Waals surface area contributed by atoms with Crippen LogP contribution in [0.4, 0.5) is 0 Å². The second-order valence-electron chi connectivity index (χ2n) is 3.76. The molecule has 2 rings (SSSR count). The third kappa shape index (κ3) is 2.44. The van der Waals surface area contributed by atoms with Crippen molar-refractivity contribution in [3.05, 3.63) is 22.2 Å². The Labute approximate surface area is 113 Å². The van der Waals surface area contributed by atoms with Crippen LogP contribution in [-0.4, -0.2) is 31.4 Å². The summed E-state index contributed by atoms with van der Waals surface area (Å²) >= 11 is 3.30. The monoisotopic (exact) mass is 316 g/mol. The third-order valence-corrected chi connectivity index (χ3v) is 3.29. The molecule has 0 fully saturated rings. The normalized spacial score (nSPS) is 15.7. The molecule has 6 heteroatoms. The second-order valence-corrected chi connectivity index (χ2v) is 4.62. The Kier molecular flexibility index (Phi) is 4.08. The zero-order valence-electron chi connectivity index (χ0n) is 9.81. The zero-order chi connectivity index (χ0) is 13.1. The quantitative estimate of drug-likeness (QED) is 0.843. The molecule has 1 aromatic carbocycles. The number of fused-ring (bicyclic) bond motifs is 1. The van der Waals surface area contributed by atoms with Crippen molar-refractivity contribution in [2.24, 2.45) is 0 Å². The predicted molar refractivity (Wildman–Crippen MR) is 66.7 cm³/mol. The van der Waals surface area contributed by atoms with Crippen LogP contribution in [0.5, 0.6) is 11.5 Å². The number of rotatable bonds is 2. The third-order valence-electron chi connectivity index (χ3n) is 2.60. The summed E-state index contributed by atoms with van der Waals surface area (Å²) in [6, 6.07) is 3.44. The Balaban J connectivity index is 2.48. The first-order valence-electron chi connectivity index (χ1n) is 5.49. The zero-order valence-corrected chi connectivity index (χ0v) is 11.4. The van der Waals surface area contributed by atoms with Crippen molar-refractivity contribution in [3.8, 4) is 11.5 Å². The molecule has 0 spiro atoms. The summed E-state index contributed by atoms with van der Waals surface area (Å²) in [5, 5.41) is 9.98. The van der Waals surface area contributed by atoms with Crippen LogP contribution in [-0.2, 0) is 9.53 Å². The van der Waals surface area contributed by atoms with Crippen LogP contribution in [0.1, 0.15) is 18.1 Å². The number of carbonyl (C=O) groups is 1. The molecular weight excluding hydrogens is 304 g/mol. The molecular formula is C12H13BrO5. The minimum atomic E-state index is -1.40. The number of ether oxygens (including phenoxy) is 3. The van der Waals surface area contributed by atoms with Gasteiger partial charge >= 0.3 is 5.97 Å². The van der Waals surface area contributed by atoms with Crippen LogP contribution in [0.15, 0.2) is 16.6 Å². The highest BCUT2D eigenvalue weighted by Gasteiger charge is 2.28. The van der Waals surface area contributed by atoms with E-state index in [9.17, 15) is 9.90 Å². The van der Waals surface area contributed by atoms with Crippen molar-refractivity contribution in [2.75, 3.05) is 20.3 Å². The maximum atomic E-state index is 11.4. The highest BCUT2D eigenvalue weighted by molar-refractivity contribution is 9.10. The Bertz CT molecular complexity index is 460. The van der Waals surface area contributed by atoms with Gasteiger partial charge < -0.3 is 19.3 Å². The molecule has 0 saturated heterocycles. The molecule has 1 atom stereocenters. The molecule has 0 aromatic heterocycles. The van der Waals surface area contributed by atoms with Crippen molar-refractivity contribution in [1.82, 2.24) is 0 Å². The van der Waals surface area contributed by atoms with Gasteiger partial charge in [0.15, 0.2) is 17.6 Å². The lowest BCUT2D eigenvalue weighted by Gasteiger charge is -2.17. The molecule has 1 unspecified atom stereocenters. The van der Waals surface area contributed by atoms with Gasteiger partial charge in [0.1, 0.15) is 0 Å². The van der Waals surface area contributed by atoms with Crippen LogP contribution in [0.2, 0.25) is 0 Å². The largest absolute Gasteiger partial charge is 0.490 e. The molecule has 1 N–H and O–H groups in total. The number of methoxy groups -OCH3 is 1. The van der Waals surface area contributed by atoms with Crippen LogP contribution in [0.3, 0.4) is 0 Å². The van der Waals surface area contributed by atoms with Gasteiger partial charge in [0.05, 0.1) is 25.9 Å². The lowest BCUT2D eigenvalue weighted by Crippen LogP contribution is -2.15. The van der Waals surface area contributed by atoms with E-state index in [1.54, 1.807) is 12.1 Å². The van der Waals surface area contributed by atoms with E-state index in [-0.39, 0.29) is 0 Å². The smallest absolute Gasteiger partial charge is 0.339 e. The van der Waals surface area contributed by atoms with E-state index >= 15 is 0 Å². The molecule has 0 bridgehead atoms. The van der Waals surface area contributed by atoms with Crippen molar-refractivity contribution in [3.63, 3.8) is 0 Å². The number of benzene rings is 1. The van der Waals surface area contributed by atoms with Gasteiger partial charge in [0, 0.05) is 10.9 Å². The Morgan fingerprint density at radius 2 is 2.17 bits per heavy atom. The van der Waals surface area contributed by atoms with Crippen LogP contribution < -0.4 is 9.47 Å². The molecule has 1 aliphatic heterocycles. The summed E-state index contributed by atoms with van der Waals surface area (Å²) in [5.74, 6) is 0.172. The lowest BCUT2D eigenvalue weighted by molar-refractivity contribution is -0.150. The molecule has 5 nitrogen and oxygen atoms in total. The van der Waals surface area contributed by atoms with Gasteiger partial charge in [-0.15, -0.1) is 0 Å². The Hall–Kier alpha value is -1.27. The Morgan fingerprint density at radius 1 is 1.44 bits per heavy atom. The van der Waals surface area contributed by atoms with Crippen molar-refractivity contribution < 1.29 is 24.1 Å². The maximum Gasteiger partial charge on any atom is 0.339 e. The first-order valence-corrected chi connectivity index (χ1v) is 6.28. The number of hydrogen-bond acceptors (Lipinski definition) is 5. The predicted octanol–water partition coefficient (Wildman–Crippen LogP) is 1.82. The van der Waals surface area contributed by atoms with Gasteiger partial charge in [-0.3, -0.25) is 0 Å². The maximum absolute atomic E-state index is 11.4. The van der Waals surface area contributed by atoms with E-state index in [0.29, 0.717) is 34.7 Å². The van der Waals surface area contributed by atoms with Crippen LogP contribution in [0.25, 0.3) is 0 Å². The van der Waals surface area contributed by atoms with Gasteiger partial charge in [-0.1, -0.05) is 15.9 Å². The number of aliphatic hydroxyl groups is 1. The average molecular weight is 317 g/mol. The van der Waals surface area contributed by atoms with Gasteiger partial charge in [-0.2, -0.15) is 0 Å². The average Bonchev–Trinajstić information content (AvgIpc) is 2.62. The SMILES string of the molecule is COC(=O)C(O)c1c(Br)ccc2c1OCCCO2. The molecule has 0 radical (unpaired) electrons. The Morgan fingerprint density at radius 3 is 2.89 bits per heavy atom. The first kappa shape index (κ1) is 13.2. The first-order chi connectivity index (χ1) is 8.65. The van der Waals surface area contributed by atoms with Gasteiger partial charge in [0.2, 0.25) is 0 Å². The lowest BCUT2D eigenvalue weighted by atomic mass is 10.1. The van der Waals surface area contributed by atoms with E-state index in [0.717, 1.165) is 6.42 Å². The number of esters is 1. The topological polar surface area (TPSA) is 65.0 Å². The minimum Gasteiger partial charge on any atom is -0.490 e. The van der Waals surface area contributed by atoms with E-state index in [1.807, 2.05) is 0 Å². The second kappa shape index (κ2) is 5.58. The standard InChI is InChI=1S/C12H13BrO5/c1-16-12(15)10(14)9-7(13)3-4-8-11(9)18-6-2-5-17-8/h3-4,10,14H,2,5-6H2,1H3. The minimum absolute atomic E-state index is 0.334. The van der Waals surface area contributed by atoms with Crippen molar-refractivity contribution in [1.29, 1.82) is 0 Å². The summed E-state index contributed by atoms with van der Waals surface area (Å²) in [7, 11) is 1.22. The van der Waals surface area contributed by atoms with Crippen LogP contribution >= 0.6 is 15.9 Å². The number of halogens is 1. The molecule has 1 aromatic rings. The fraction of sp³-hybridized carbons (Fsp3) is 0.417. The fourth-order valence-corrected chi connectivity index (χ4v) is 2.25. The van der Waals surface area contributed by atoms with E-state index in [1.165, 1.54) is 7.11 Å². The van der Waals surface area contributed by atoms with Crippen molar-refractivity contribution >= 4 is 21.9 Å². The van der Waals surface area contributed by atoms with E-state index in [2.05, 4.69) is 20.7 Å². The molecule has 0 aliphatic carbocycles. The molecule has 0 amide bonds. The highest BCUT2D eigenvalue weighted by Crippen LogP contribution is 2.41. The molecule has 1 aliphatic rings. The summed E-state index contributed by atoms with van der Waals surface area (Å²) in [5.41, 5.74) is 0.334. The van der Waals surface area contributed by atoms with Gasteiger partial charge in [-0.05, 0) is 12.1 Å². The summed E-state index contributed by atoms with van der Waals surface area (Å²) in [6.45, 7) is 1.02. The highest BCUT2D eigenvalue weighted by atomic mass is 79.9. The van der Waals surface area contributed by atoms with E-state index < -0.39 is 12.1 Å². The fourth-order valence-electron chi connectivity index (χ4n) is 1.72. The van der Waals surface area contributed by atoms with E-state index in [4.69, 9.17) is 9.47 Å². The molecule has 1 heterocycles. The molecule has 98 valence electrons. The molecule has 18 heavy (non-hydrogen) atoms.